The molecule has 7 nitrogen and oxygen atoms in total. The molecule has 0 fully saturated rings. The number of carbonyl (C=O) groups is 2. The normalized spacial score (nSPS) is 10.1. The Morgan fingerprint density at radius 2 is 1.70 bits per heavy atom. The van der Waals surface area contributed by atoms with Gasteiger partial charge in [-0.15, -0.1) is 0 Å². The van der Waals surface area contributed by atoms with Crippen molar-refractivity contribution in [3.05, 3.63) is 48.0 Å². The molecule has 7 heteroatoms. The van der Waals surface area contributed by atoms with Crippen molar-refractivity contribution in [1.29, 1.82) is 0 Å². The van der Waals surface area contributed by atoms with Crippen LogP contribution in [0.1, 0.15) is 18.4 Å². The summed E-state index contributed by atoms with van der Waals surface area (Å²) in [6.45, 7) is 0.327. The number of aliphatic carboxylic acids is 1. The highest BCUT2D eigenvalue weighted by molar-refractivity contribution is 5.92. The average molecular weight is 373 g/mol. The fourth-order valence-corrected chi connectivity index (χ4v) is 2.45. The maximum absolute atomic E-state index is 12.3. The fraction of sp³-hybridized carbons (Fsp3) is 0.300. The van der Waals surface area contributed by atoms with E-state index < -0.39 is 5.97 Å². The van der Waals surface area contributed by atoms with E-state index in [4.69, 9.17) is 19.3 Å². The summed E-state index contributed by atoms with van der Waals surface area (Å²) in [6.07, 6.45) is 0.659. The Morgan fingerprint density at radius 3 is 2.33 bits per heavy atom. The first-order valence-corrected chi connectivity index (χ1v) is 8.47. The Bertz CT molecular complexity index is 773. The molecule has 2 aromatic rings. The molecule has 0 aliphatic carbocycles. The minimum atomic E-state index is -0.843. The van der Waals surface area contributed by atoms with E-state index in [1.807, 2.05) is 0 Å². The van der Waals surface area contributed by atoms with Gasteiger partial charge in [-0.2, -0.15) is 0 Å². The molecule has 2 N–H and O–H groups in total. The lowest BCUT2D eigenvalue weighted by atomic mass is 10.1. The average Bonchev–Trinajstić information content (AvgIpc) is 2.66. The molecule has 0 spiro atoms. The maximum Gasteiger partial charge on any atom is 0.303 e. The van der Waals surface area contributed by atoms with Gasteiger partial charge in [0.1, 0.15) is 17.2 Å². The molecule has 2 aromatic carbocycles. The maximum atomic E-state index is 12.3. The van der Waals surface area contributed by atoms with Crippen molar-refractivity contribution in [1.82, 2.24) is 0 Å². The van der Waals surface area contributed by atoms with Crippen molar-refractivity contribution in [2.75, 3.05) is 26.1 Å². The van der Waals surface area contributed by atoms with Gasteiger partial charge in [0.15, 0.2) is 0 Å². The Hall–Kier alpha value is -3.22. The fourth-order valence-electron chi connectivity index (χ4n) is 2.45. The lowest BCUT2D eigenvalue weighted by Gasteiger charge is -2.11. The summed E-state index contributed by atoms with van der Waals surface area (Å²) in [5, 5.41) is 11.4. The third-order valence-corrected chi connectivity index (χ3v) is 3.78. The summed E-state index contributed by atoms with van der Waals surface area (Å²) in [6, 6.07) is 12.2. The number of hydrogen-bond acceptors (Lipinski definition) is 5. The molecule has 0 aliphatic heterocycles. The Labute approximate surface area is 157 Å². The predicted molar refractivity (Wildman–Crippen MR) is 101 cm³/mol. The number of carbonyl (C=O) groups excluding carboxylic acids is 1. The first-order chi connectivity index (χ1) is 13.0. The van der Waals surface area contributed by atoms with Crippen LogP contribution in [0.5, 0.6) is 17.2 Å². The molecule has 0 unspecified atom stereocenters. The van der Waals surface area contributed by atoms with Crippen LogP contribution in [0.2, 0.25) is 0 Å². The highest BCUT2D eigenvalue weighted by Crippen LogP contribution is 2.25. The van der Waals surface area contributed by atoms with Crippen LogP contribution < -0.4 is 19.5 Å². The number of ether oxygens (including phenoxy) is 3. The Kier molecular flexibility index (Phi) is 7.49. The third kappa shape index (κ3) is 6.54. The molecule has 0 aromatic heterocycles. The molecule has 0 saturated heterocycles. The van der Waals surface area contributed by atoms with Crippen LogP contribution in [0.25, 0.3) is 0 Å². The Balaban J connectivity index is 1.89. The van der Waals surface area contributed by atoms with Crippen molar-refractivity contribution in [3.8, 4) is 17.2 Å². The van der Waals surface area contributed by atoms with Gasteiger partial charge < -0.3 is 24.6 Å². The summed E-state index contributed by atoms with van der Waals surface area (Å²) in [5.74, 6) is 0.868. The number of methoxy groups -OCH3 is 2. The van der Waals surface area contributed by atoms with Crippen molar-refractivity contribution in [3.63, 3.8) is 0 Å². The smallest absolute Gasteiger partial charge is 0.303 e. The van der Waals surface area contributed by atoms with Gasteiger partial charge >= 0.3 is 5.97 Å². The largest absolute Gasteiger partial charge is 0.497 e. The first kappa shape index (κ1) is 20.1. The van der Waals surface area contributed by atoms with Gasteiger partial charge in [-0.3, -0.25) is 9.59 Å². The zero-order valence-electron chi connectivity index (χ0n) is 15.4. The highest BCUT2D eigenvalue weighted by atomic mass is 16.5. The van der Waals surface area contributed by atoms with E-state index in [9.17, 15) is 9.59 Å². The molecule has 0 radical (unpaired) electrons. The second kappa shape index (κ2) is 10.1. The molecular weight excluding hydrogens is 350 g/mol. The molecule has 0 aliphatic rings. The lowest BCUT2D eigenvalue weighted by molar-refractivity contribution is -0.137. The molecular formula is C20H23NO6. The molecule has 0 heterocycles. The van der Waals surface area contributed by atoms with E-state index in [0.29, 0.717) is 36.0 Å². The van der Waals surface area contributed by atoms with Gasteiger partial charge in [-0.1, -0.05) is 0 Å². The van der Waals surface area contributed by atoms with Gasteiger partial charge in [-0.05, 0) is 48.9 Å². The first-order valence-electron chi connectivity index (χ1n) is 8.47. The Morgan fingerprint density at radius 1 is 1.00 bits per heavy atom. The standard InChI is InChI=1S/C20H23NO6/c1-25-17-9-10-18(26-2)14(12-17)13-19(22)21-15-5-7-16(8-6-15)27-11-3-4-20(23)24/h5-10,12H,3-4,11,13H2,1-2H3,(H,21,22)(H,23,24). The van der Waals surface area contributed by atoms with Crippen molar-refractivity contribution in [2.45, 2.75) is 19.3 Å². The lowest BCUT2D eigenvalue weighted by Crippen LogP contribution is -2.15. The summed E-state index contributed by atoms with van der Waals surface area (Å²) in [4.78, 5) is 22.8. The van der Waals surface area contributed by atoms with E-state index in [-0.39, 0.29) is 18.7 Å². The predicted octanol–water partition coefficient (Wildman–Crippen LogP) is 3.13. The number of benzene rings is 2. The number of nitrogens with one attached hydrogen (secondary N) is 1. The van der Waals surface area contributed by atoms with Crippen LogP contribution in [0.3, 0.4) is 0 Å². The van der Waals surface area contributed by atoms with E-state index in [1.54, 1.807) is 56.7 Å². The second-order valence-corrected chi connectivity index (χ2v) is 5.77. The number of amides is 1. The van der Waals surface area contributed by atoms with Crippen LogP contribution in [-0.4, -0.2) is 37.8 Å². The summed E-state index contributed by atoms with van der Waals surface area (Å²) in [7, 11) is 3.12. The van der Waals surface area contributed by atoms with Crippen molar-refractivity contribution in [2.24, 2.45) is 0 Å². The zero-order chi connectivity index (χ0) is 19.6. The molecule has 0 atom stereocenters. The quantitative estimate of drug-likeness (QED) is 0.622. The minimum Gasteiger partial charge on any atom is -0.497 e. The number of hydrogen-bond donors (Lipinski definition) is 2. The number of rotatable bonds is 10. The van der Waals surface area contributed by atoms with Crippen LogP contribution in [-0.2, 0) is 16.0 Å². The monoisotopic (exact) mass is 373 g/mol. The van der Waals surface area contributed by atoms with Crippen molar-refractivity contribution >= 4 is 17.6 Å². The van der Waals surface area contributed by atoms with Crippen LogP contribution in [0.4, 0.5) is 5.69 Å². The van der Waals surface area contributed by atoms with Gasteiger partial charge in [-0.25, -0.2) is 0 Å². The second-order valence-electron chi connectivity index (χ2n) is 5.77. The van der Waals surface area contributed by atoms with Crippen LogP contribution >= 0.6 is 0 Å². The molecule has 144 valence electrons. The topological polar surface area (TPSA) is 94.1 Å². The van der Waals surface area contributed by atoms with Crippen LogP contribution in [0.15, 0.2) is 42.5 Å². The molecule has 27 heavy (non-hydrogen) atoms. The van der Waals surface area contributed by atoms with Crippen LogP contribution in [0, 0.1) is 0 Å². The van der Waals surface area contributed by atoms with Gasteiger partial charge in [0, 0.05) is 17.7 Å². The van der Waals surface area contributed by atoms with Gasteiger partial charge in [0.2, 0.25) is 5.91 Å². The van der Waals surface area contributed by atoms with E-state index in [1.165, 1.54) is 0 Å². The van der Waals surface area contributed by atoms with Crippen molar-refractivity contribution < 1.29 is 28.9 Å². The molecule has 0 bridgehead atoms. The van der Waals surface area contributed by atoms with E-state index in [2.05, 4.69) is 5.32 Å². The number of carboxylic acids is 1. The van der Waals surface area contributed by atoms with E-state index >= 15 is 0 Å². The molecule has 1 amide bonds. The van der Waals surface area contributed by atoms with Gasteiger partial charge in [0.25, 0.3) is 0 Å². The molecule has 0 saturated carbocycles. The summed E-state index contributed by atoms with van der Waals surface area (Å²) < 4.78 is 15.9. The summed E-state index contributed by atoms with van der Waals surface area (Å²) in [5.41, 5.74) is 1.37. The minimum absolute atomic E-state index is 0.0713. The number of carboxylic acid groups (broad SMARTS) is 1. The van der Waals surface area contributed by atoms with E-state index in [0.717, 1.165) is 5.56 Å². The highest BCUT2D eigenvalue weighted by Gasteiger charge is 2.11. The summed E-state index contributed by atoms with van der Waals surface area (Å²) >= 11 is 0. The molecule has 2 rings (SSSR count). The van der Waals surface area contributed by atoms with Gasteiger partial charge in [0.05, 0.1) is 27.2 Å². The zero-order valence-corrected chi connectivity index (χ0v) is 15.4. The third-order valence-electron chi connectivity index (χ3n) is 3.78. The SMILES string of the molecule is COc1ccc(OC)c(CC(=O)Nc2ccc(OCCCC(=O)O)cc2)c1. The number of anilines is 1.